The normalized spacial score (nSPS) is 21.5. The molecule has 0 radical (unpaired) electrons. The number of anilines is 2. The summed E-state index contributed by atoms with van der Waals surface area (Å²) < 4.78 is 0. The molecule has 6 nitrogen and oxygen atoms in total. The van der Waals surface area contributed by atoms with Gasteiger partial charge in [0.15, 0.2) is 0 Å². The number of nitrogens with zero attached hydrogens (tertiary/aromatic N) is 3. The van der Waals surface area contributed by atoms with Gasteiger partial charge in [-0.3, -0.25) is 4.90 Å². The highest BCUT2D eigenvalue weighted by atomic mass is 16.3. The van der Waals surface area contributed by atoms with Gasteiger partial charge in [0.1, 0.15) is 18.0 Å². The molecule has 0 unspecified atom stereocenters. The molecule has 0 bridgehead atoms. The summed E-state index contributed by atoms with van der Waals surface area (Å²) in [6.07, 6.45) is 5.19. The van der Waals surface area contributed by atoms with Crippen LogP contribution < -0.4 is 10.6 Å². The van der Waals surface area contributed by atoms with E-state index in [1.54, 1.807) is 6.33 Å². The van der Waals surface area contributed by atoms with E-state index in [4.69, 9.17) is 0 Å². The van der Waals surface area contributed by atoms with Crippen LogP contribution in [0.1, 0.15) is 53.4 Å². The Morgan fingerprint density at radius 1 is 1.08 bits per heavy atom. The van der Waals surface area contributed by atoms with Crippen LogP contribution in [0, 0.1) is 0 Å². The van der Waals surface area contributed by atoms with Gasteiger partial charge in [-0.1, -0.05) is 0 Å². The number of nitrogens with one attached hydrogen (secondary N) is 2. The number of aromatic nitrogens is 2. The first kappa shape index (κ1) is 18.9. The van der Waals surface area contributed by atoms with Gasteiger partial charge in [-0.05, 0) is 53.4 Å². The van der Waals surface area contributed by atoms with Crippen molar-refractivity contribution in [3.8, 4) is 0 Å². The average Bonchev–Trinajstić information content (AvgIpc) is 2.53. The molecular weight excluding hydrogens is 302 g/mol. The summed E-state index contributed by atoms with van der Waals surface area (Å²) in [5.74, 6) is 1.72. The highest BCUT2D eigenvalue weighted by Gasteiger charge is 2.19. The van der Waals surface area contributed by atoms with Crippen molar-refractivity contribution in [2.24, 2.45) is 0 Å². The monoisotopic (exact) mass is 335 g/mol. The second-order valence-electron chi connectivity index (χ2n) is 7.29. The Morgan fingerprint density at radius 3 is 2.33 bits per heavy atom. The van der Waals surface area contributed by atoms with Crippen molar-refractivity contribution in [1.82, 2.24) is 14.9 Å². The zero-order valence-corrected chi connectivity index (χ0v) is 15.5. The number of aliphatic hydroxyl groups is 1. The summed E-state index contributed by atoms with van der Waals surface area (Å²) in [6.45, 7) is 10.8. The summed E-state index contributed by atoms with van der Waals surface area (Å²) in [6, 6.07) is 3.45. The lowest BCUT2D eigenvalue weighted by Gasteiger charge is -2.30. The van der Waals surface area contributed by atoms with E-state index in [1.165, 1.54) is 0 Å². The molecule has 1 heterocycles. The van der Waals surface area contributed by atoms with Crippen LogP contribution in [0.3, 0.4) is 0 Å². The first-order valence-electron chi connectivity index (χ1n) is 9.22. The van der Waals surface area contributed by atoms with Crippen LogP contribution >= 0.6 is 0 Å². The SMILES string of the molecule is CC(C)N(CCNc1cc(NC2CCC(O)CC2)ncn1)C(C)C. The van der Waals surface area contributed by atoms with E-state index in [1.807, 2.05) is 6.07 Å². The highest BCUT2D eigenvalue weighted by molar-refractivity contribution is 5.47. The maximum atomic E-state index is 9.59. The van der Waals surface area contributed by atoms with Crippen molar-refractivity contribution in [1.29, 1.82) is 0 Å². The zero-order valence-electron chi connectivity index (χ0n) is 15.5. The molecular formula is C18H33N5O. The molecule has 6 heteroatoms. The molecule has 0 aromatic carbocycles. The van der Waals surface area contributed by atoms with Crippen LogP contribution in [0.5, 0.6) is 0 Å². The molecule has 24 heavy (non-hydrogen) atoms. The largest absolute Gasteiger partial charge is 0.393 e. The fourth-order valence-electron chi connectivity index (χ4n) is 3.39. The standard InChI is InChI=1S/C18H33N5O/c1-13(2)23(14(3)4)10-9-19-17-11-18(21-12-20-17)22-15-5-7-16(24)8-6-15/h11-16,24H,5-10H2,1-4H3,(H2,19,20,21,22). The van der Waals surface area contributed by atoms with Gasteiger partial charge < -0.3 is 15.7 Å². The summed E-state index contributed by atoms with van der Waals surface area (Å²) in [5.41, 5.74) is 0. The second-order valence-corrected chi connectivity index (χ2v) is 7.29. The van der Waals surface area contributed by atoms with E-state index in [0.29, 0.717) is 18.1 Å². The van der Waals surface area contributed by atoms with Gasteiger partial charge >= 0.3 is 0 Å². The van der Waals surface area contributed by atoms with Gasteiger partial charge in [0, 0.05) is 37.3 Å². The zero-order chi connectivity index (χ0) is 17.5. The van der Waals surface area contributed by atoms with Crippen LogP contribution in [0.15, 0.2) is 12.4 Å². The van der Waals surface area contributed by atoms with E-state index in [-0.39, 0.29) is 6.10 Å². The maximum absolute atomic E-state index is 9.59. The van der Waals surface area contributed by atoms with Crippen molar-refractivity contribution in [3.63, 3.8) is 0 Å². The minimum atomic E-state index is -0.129. The van der Waals surface area contributed by atoms with Crippen LogP contribution in [0.25, 0.3) is 0 Å². The molecule has 1 aromatic rings. The van der Waals surface area contributed by atoms with Crippen molar-refractivity contribution >= 4 is 11.6 Å². The number of hydrogen-bond donors (Lipinski definition) is 3. The molecule has 1 aromatic heterocycles. The highest BCUT2D eigenvalue weighted by Crippen LogP contribution is 2.21. The third kappa shape index (κ3) is 5.91. The number of rotatable bonds is 8. The first-order valence-corrected chi connectivity index (χ1v) is 9.22. The molecule has 1 fully saturated rings. The third-order valence-corrected chi connectivity index (χ3v) is 4.72. The molecule has 0 atom stereocenters. The van der Waals surface area contributed by atoms with Gasteiger partial charge in [-0.25, -0.2) is 9.97 Å². The molecule has 1 aliphatic carbocycles. The minimum Gasteiger partial charge on any atom is -0.393 e. The van der Waals surface area contributed by atoms with E-state index in [2.05, 4.69) is 53.2 Å². The predicted molar refractivity (Wildman–Crippen MR) is 99.4 cm³/mol. The quantitative estimate of drug-likeness (QED) is 0.678. The molecule has 0 amide bonds. The Labute approximate surface area is 146 Å². The van der Waals surface area contributed by atoms with Crippen molar-refractivity contribution in [2.45, 2.75) is 77.6 Å². The Morgan fingerprint density at radius 2 is 1.71 bits per heavy atom. The summed E-state index contributed by atoms with van der Waals surface area (Å²) >= 11 is 0. The third-order valence-electron chi connectivity index (χ3n) is 4.72. The predicted octanol–water partition coefficient (Wildman–Crippen LogP) is 2.72. The Kier molecular flexibility index (Phi) is 7.24. The lowest BCUT2D eigenvalue weighted by Crippen LogP contribution is -2.40. The Hall–Kier alpha value is -1.40. The van der Waals surface area contributed by atoms with Crippen LogP contribution in [0.2, 0.25) is 0 Å². The lowest BCUT2D eigenvalue weighted by molar-refractivity contribution is 0.126. The summed E-state index contributed by atoms with van der Waals surface area (Å²) in [7, 11) is 0. The molecule has 0 aliphatic heterocycles. The van der Waals surface area contributed by atoms with Crippen molar-refractivity contribution in [2.75, 3.05) is 23.7 Å². The summed E-state index contributed by atoms with van der Waals surface area (Å²) in [4.78, 5) is 11.1. The second kappa shape index (κ2) is 9.18. The topological polar surface area (TPSA) is 73.3 Å². The van der Waals surface area contributed by atoms with Gasteiger partial charge in [0.2, 0.25) is 0 Å². The first-order chi connectivity index (χ1) is 11.5. The van der Waals surface area contributed by atoms with E-state index < -0.39 is 0 Å². The van der Waals surface area contributed by atoms with Crippen molar-refractivity contribution < 1.29 is 5.11 Å². The molecule has 0 spiro atoms. The number of aliphatic hydroxyl groups excluding tert-OH is 1. The maximum Gasteiger partial charge on any atom is 0.131 e. The molecule has 2 rings (SSSR count). The fourth-order valence-corrected chi connectivity index (χ4v) is 3.39. The van der Waals surface area contributed by atoms with Crippen molar-refractivity contribution in [3.05, 3.63) is 12.4 Å². The van der Waals surface area contributed by atoms with Gasteiger partial charge in [-0.2, -0.15) is 0 Å². The fraction of sp³-hybridized carbons (Fsp3) is 0.778. The van der Waals surface area contributed by atoms with E-state index in [9.17, 15) is 5.11 Å². The van der Waals surface area contributed by atoms with Gasteiger partial charge in [-0.15, -0.1) is 0 Å². The van der Waals surface area contributed by atoms with Crippen LogP contribution in [-0.4, -0.2) is 57.3 Å². The summed E-state index contributed by atoms with van der Waals surface area (Å²) in [5, 5.41) is 16.5. The van der Waals surface area contributed by atoms with E-state index >= 15 is 0 Å². The molecule has 3 N–H and O–H groups in total. The molecule has 136 valence electrons. The molecule has 1 saturated carbocycles. The van der Waals surface area contributed by atoms with Crippen LogP contribution in [-0.2, 0) is 0 Å². The van der Waals surface area contributed by atoms with Crippen LogP contribution in [0.4, 0.5) is 11.6 Å². The molecule has 1 aliphatic rings. The lowest BCUT2D eigenvalue weighted by atomic mass is 9.93. The molecule has 0 saturated heterocycles. The minimum absolute atomic E-state index is 0.129. The Bertz CT molecular complexity index is 478. The Balaban J connectivity index is 1.82. The number of hydrogen-bond acceptors (Lipinski definition) is 6. The average molecular weight is 335 g/mol. The van der Waals surface area contributed by atoms with Gasteiger partial charge in [0.25, 0.3) is 0 Å². The smallest absolute Gasteiger partial charge is 0.131 e. The van der Waals surface area contributed by atoms with Gasteiger partial charge in [0.05, 0.1) is 6.10 Å². The van der Waals surface area contributed by atoms with E-state index in [0.717, 1.165) is 50.4 Å².